The Balaban J connectivity index is 1.24. The molecule has 4 heterocycles. The van der Waals surface area contributed by atoms with Crippen molar-refractivity contribution in [3.63, 3.8) is 0 Å². The monoisotopic (exact) mass is 458 g/mol. The molecule has 1 aliphatic carbocycles. The van der Waals surface area contributed by atoms with Crippen LogP contribution < -0.4 is 15.2 Å². The average molecular weight is 459 g/mol. The topological polar surface area (TPSA) is 91.9 Å². The van der Waals surface area contributed by atoms with Crippen molar-refractivity contribution in [3.8, 4) is 11.5 Å². The molecule has 176 valence electrons. The zero-order valence-electron chi connectivity index (χ0n) is 19.2. The quantitative estimate of drug-likeness (QED) is 0.530. The Morgan fingerprint density at radius 3 is 2.62 bits per heavy atom. The maximum Gasteiger partial charge on any atom is 0.231 e. The van der Waals surface area contributed by atoms with E-state index in [1.54, 1.807) is 0 Å². The number of nitrogens with two attached hydrogens (primary N) is 1. The lowest BCUT2D eigenvalue weighted by Crippen LogP contribution is -2.42. The number of ether oxygens (including phenoxy) is 2. The first-order valence-corrected chi connectivity index (χ1v) is 12.5. The second-order valence-corrected chi connectivity index (χ2v) is 10.5. The summed E-state index contributed by atoms with van der Waals surface area (Å²) < 4.78 is 11.1. The molecule has 1 amide bonds. The highest BCUT2D eigenvalue weighted by Crippen LogP contribution is 2.59. The van der Waals surface area contributed by atoms with Crippen molar-refractivity contribution in [2.24, 2.45) is 23.5 Å². The maximum absolute atomic E-state index is 14.1. The van der Waals surface area contributed by atoms with E-state index in [0.717, 1.165) is 29.2 Å². The molecule has 2 aromatic rings. The fourth-order valence-electron chi connectivity index (χ4n) is 7.20. The lowest BCUT2D eigenvalue weighted by Gasteiger charge is -2.33. The molecule has 3 saturated heterocycles. The fourth-order valence-corrected chi connectivity index (χ4v) is 7.20. The van der Waals surface area contributed by atoms with Crippen molar-refractivity contribution in [2.45, 2.75) is 50.4 Å². The number of nitrogens with one attached hydrogen (secondary N) is 1. The molecule has 0 bridgehead atoms. The van der Waals surface area contributed by atoms with E-state index >= 15 is 0 Å². The SMILES string of the molecule is N=C(N)c1ccc([C@@H]2[C@@H]3C(=O)N(Cc4ccc5c(c4)OCO5)[C@@H](C4CC4)[C@@H]3[C@H]3CCCN32)cc1. The first kappa shape index (κ1) is 20.3. The number of hydrogen-bond donors (Lipinski definition) is 2. The van der Waals surface area contributed by atoms with Crippen LogP contribution >= 0.6 is 0 Å². The molecule has 5 aliphatic rings. The predicted molar refractivity (Wildman–Crippen MR) is 127 cm³/mol. The van der Waals surface area contributed by atoms with E-state index < -0.39 is 0 Å². The zero-order chi connectivity index (χ0) is 23.0. The molecular formula is C27H30N4O3. The summed E-state index contributed by atoms with van der Waals surface area (Å²) in [5.74, 6) is 2.93. The third-order valence-corrected chi connectivity index (χ3v) is 8.68. The Kier molecular flexibility index (Phi) is 4.47. The molecule has 3 N–H and O–H groups in total. The highest BCUT2D eigenvalue weighted by molar-refractivity contribution is 5.95. The number of fused-ring (bicyclic) bond motifs is 4. The molecule has 0 aromatic heterocycles. The van der Waals surface area contributed by atoms with E-state index in [1.165, 1.54) is 31.2 Å². The number of likely N-dealkylation sites (tertiary alicyclic amines) is 1. The summed E-state index contributed by atoms with van der Waals surface area (Å²) >= 11 is 0. The van der Waals surface area contributed by atoms with Gasteiger partial charge in [-0.05, 0) is 61.4 Å². The summed E-state index contributed by atoms with van der Waals surface area (Å²) in [5.41, 5.74) is 8.70. The summed E-state index contributed by atoms with van der Waals surface area (Å²) in [6.45, 7) is 1.95. The molecule has 4 aliphatic heterocycles. The minimum Gasteiger partial charge on any atom is -0.454 e. The van der Waals surface area contributed by atoms with Crippen LogP contribution in [-0.4, -0.2) is 47.0 Å². The number of nitrogen functional groups attached to an aromatic ring is 1. The van der Waals surface area contributed by atoms with Gasteiger partial charge in [0.15, 0.2) is 11.5 Å². The number of carbonyl (C=O) groups excluding carboxylic acids is 1. The van der Waals surface area contributed by atoms with Crippen LogP contribution in [0.2, 0.25) is 0 Å². The van der Waals surface area contributed by atoms with Gasteiger partial charge < -0.3 is 20.1 Å². The van der Waals surface area contributed by atoms with Crippen molar-refractivity contribution in [2.75, 3.05) is 13.3 Å². The van der Waals surface area contributed by atoms with Crippen LogP contribution in [0.5, 0.6) is 11.5 Å². The predicted octanol–water partition coefficient (Wildman–Crippen LogP) is 3.27. The Labute approximate surface area is 199 Å². The first-order valence-electron chi connectivity index (χ1n) is 12.5. The van der Waals surface area contributed by atoms with Gasteiger partial charge in [0.2, 0.25) is 12.7 Å². The van der Waals surface area contributed by atoms with E-state index in [-0.39, 0.29) is 24.6 Å². The number of benzene rings is 2. The van der Waals surface area contributed by atoms with Crippen molar-refractivity contribution in [1.82, 2.24) is 9.80 Å². The minimum atomic E-state index is -0.00640. The number of rotatable bonds is 5. The number of amides is 1. The molecule has 0 radical (unpaired) electrons. The Morgan fingerprint density at radius 2 is 1.85 bits per heavy atom. The van der Waals surface area contributed by atoms with Crippen molar-refractivity contribution in [3.05, 3.63) is 59.2 Å². The molecule has 0 unspecified atom stereocenters. The van der Waals surface area contributed by atoms with Crippen LogP contribution in [0.4, 0.5) is 0 Å². The summed E-state index contributed by atoms with van der Waals surface area (Å²) in [6.07, 6.45) is 4.83. The van der Waals surface area contributed by atoms with Gasteiger partial charge in [0.25, 0.3) is 0 Å². The van der Waals surface area contributed by atoms with Gasteiger partial charge >= 0.3 is 0 Å². The Morgan fingerprint density at radius 1 is 1.06 bits per heavy atom. The van der Waals surface area contributed by atoms with Crippen molar-refractivity contribution in [1.29, 1.82) is 5.41 Å². The van der Waals surface area contributed by atoms with Gasteiger partial charge in [-0.3, -0.25) is 15.1 Å². The molecule has 34 heavy (non-hydrogen) atoms. The van der Waals surface area contributed by atoms with Gasteiger partial charge in [0, 0.05) is 36.2 Å². The molecule has 0 spiro atoms. The average Bonchev–Trinajstić information content (AvgIpc) is 3.17. The van der Waals surface area contributed by atoms with Crippen molar-refractivity contribution < 1.29 is 14.3 Å². The molecule has 7 heteroatoms. The van der Waals surface area contributed by atoms with E-state index in [2.05, 4.69) is 28.0 Å². The molecular weight excluding hydrogens is 428 g/mol. The van der Waals surface area contributed by atoms with Gasteiger partial charge in [0.1, 0.15) is 5.84 Å². The van der Waals surface area contributed by atoms with Crippen LogP contribution in [0.3, 0.4) is 0 Å². The second kappa shape index (κ2) is 7.47. The van der Waals surface area contributed by atoms with Gasteiger partial charge in [-0.15, -0.1) is 0 Å². The first-order chi connectivity index (χ1) is 16.6. The molecule has 2 aromatic carbocycles. The summed E-state index contributed by atoms with van der Waals surface area (Å²) in [5, 5.41) is 7.73. The Bertz CT molecular complexity index is 1160. The van der Waals surface area contributed by atoms with Crippen molar-refractivity contribution >= 4 is 11.7 Å². The summed E-state index contributed by atoms with van der Waals surface area (Å²) in [6, 6.07) is 15.0. The standard InChI is InChI=1S/C27H30N4O3/c28-26(29)18-8-6-17(7-9-18)25-23-22(19-2-1-11-30(19)25)24(16-4-5-16)31(27(23)32)13-15-3-10-20-21(12-15)34-14-33-20/h3,6-10,12,16,19,22-25H,1-2,4-5,11,13-14H2,(H3,28,29)/t19-,22-,23-,24+,25-/m1/s1. The summed E-state index contributed by atoms with van der Waals surface area (Å²) in [4.78, 5) is 19.0. The number of amidine groups is 1. The highest BCUT2D eigenvalue weighted by atomic mass is 16.7. The smallest absolute Gasteiger partial charge is 0.231 e. The largest absolute Gasteiger partial charge is 0.454 e. The third-order valence-electron chi connectivity index (χ3n) is 8.68. The zero-order valence-corrected chi connectivity index (χ0v) is 19.2. The van der Waals surface area contributed by atoms with Gasteiger partial charge in [-0.1, -0.05) is 30.3 Å². The van der Waals surface area contributed by atoms with E-state index in [9.17, 15) is 4.79 Å². The fraction of sp³-hybridized carbons (Fsp3) is 0.481. The number of carbonyl (C=O) groups is 1. The normalized spacial score (nSPS) is 31.7. The number of nitrogens with zero attached hydrogens (tertiary/aromatic N) is 2. The van der Waals surface area contributed by atoms with Crippen LogP contribution in [0.15, 0.2) is 42.5 Å². The molecule has 4 fully saturated rings. The van der Waals surface area contributed by atoms with Gasteiger partial charge in [-0.2, -0.15) is 0 Å². The molecule has 1 saturated carbocycles. The Hall–Kier alpha value is -3.06. The second-order valence-electron chi connectivity index (χ2n) is 10.5. The van der Waals surface area contributed by atoms with Crippen LogP contribution in [-0.2, 0) is 11.3 Å². The third kappa shape index (κ3) is 2.99. The van der Waals surface area contributed by atoms with Crippen LogP contribution in [0.25, 0.3) is 0 Å². The van der Waals surface area contributed by atoms with Crippen LogP contribution in [0, 0.1) is 23.2 Å². The lowest BCUT2D eigenvalue weighted by molar-refractivity contribution is -0.134. The van der Waals surface area contributed by atoms with E-state index in [1.807, 2.05) is 24.3 Å². The highest BCUT2D eigenvalue weighted by Gasteiger charge is 2.64. The maximum atomic E-state index is 14.1. The molecule has 7 rings (SSSR count). The van der Waals surface area contributed by atoms with Gasteiger partial charge in [-0.25, -0.2) is 0 Å². The number of hydrogen-bond acceptors (Lipinski definition) is 5. The summed E-state index contributed by atoms with van der Waals surface area (Å²) in [7, 11) is 0. The molecule has 5 atom stereocenters. The lowest BCUT2D eigenvalue weighted by atomic mass is 9.80. The van der Waals surface area contributed by atoms with Gasteiger partial charge in [0.05, 0.1) is 5.92 Å². The molecule has 7 nitrogen and oxygen atoms in total. The minimum absolute atomic E-state index is 0.00640. The van der Waals surface area contributed by atoms with E-state index in [0.29, 0.717) is 36.4 Å². The van der Waals surface area contributed by atoms with E-state index in [4.69, 9.17) is 20.6 Å². The van der Waals surface area contributed by atoms with Crippen LogP contribution in [0.1, 0.15) is 48.4 Å².